The second-order valence-electron chi connectivity index (χ2n) is 9.02. The molecule has 2 aromatic carbocycles. The lowest BCUT2D eigenvalue weighted by Crippen LogP contribution is -2.62. The zero-order valence-electron chi connectivity index (χ0n) is 17.6. The monoisotopic (exact) mass is 429 g/mol. The van der Waals surface area contributed by atoms with E-state index >= 15 is 0 Å². The molecule has 4 nitrogen and oxygen atoms in total. The van der Waals surface area contributed by atoms with Crippen LogP contribution in [-0.4, -0.2) is 52.6 Å². The van der Waals surface area contributed by atoms with Crippen LogP contribution >= 0.6 is 11.6 Å². The smallest absolute Gasteiger partial charge is 0.138 e. The predicted molar refractivity (Wildman–Crippen MR) is 120 cm³/mol. The summed E-state index contributed by atoms with van der Waals surface area (Å²) in [6, 6.07) is 16.8. The minimum atomic E-state index is -1.29. The van der Waals surface area contributed by atoms with E-state index in [1.807, 2.05) is 19.1 Å². The maximum atomic E-state index is 11.2. The maximum Gasteiger partial charge on any atom is 0.138 e. The highest BCUT2D eigenvalue weighted by atomic mass is 35.5. The Morgan fingerprint density at radius 1 is 1.07 bits per heavy atom. The van der Waals surface area contributed by atoms with Crippen molar-refractivity contribution < 1.29 is 14.9 Å². The summed E-state index contributed by atoms with van der Waals surface area (Å²) in [6.07, 6.45) is 4.34. The summed E-state index contributed by atoms with van der Waals surface area (Å²) in [5.41, 5.74) is 1.19. The average Bonchev–Trinajstić information content (AvgIpc) is 2.77. The third kappa shape index (κ3) is 4.83. The van der Waals surface area contributed by atoms with Gasteiger partial charge in [-0.05, 0) is 68.2 Å². The highest BCUT2D eigenvalue weighted by molar-refractivity contribution is 6.32. The number of aliphatic hydroxyl groups is 2. The second-order valence-corrected chi connectivity index (χ2v) is 9.42. The Balaban J connectivity index is 1.36. The van der Waals surface area contributed by atoms with Gasteiger partial charge in [0.15, 0.2) is 0 Å². The summed E-state index contributed by atoms with van der Waals surface area (Å²) in [6.45, 7) is 3.25. The molecule has 4 rings (SSSR count). The third-order valence-electron chi connectivity index (χ3n) is 6.84. The standard InChI is InChI=1S/C25H32ClNO3/c1-18-7-12-22(26)23(15-18)30-17-25(29)16-27(14-13-24(25)28)21-10-8-20(9-11-21)19-5-3-2-4-6-19/h2-7,12,15,20-21,24,28-29H,8-11,13-14,16-17H2,1H3/t20?,21?,24-,25-/m0/s1. The van der Waals surface area contributed by atoms with Crippen LogP contribution in [0.4, 0.5) is 0 Å². The van der Waals surface area contributed by atoms with Crippen molar-refractivity contribution in [2.24, 2.45) is 0 Å². The van der Waals surface area contributed by atoms with Gasteiger partial charge in [-0.1, -0.05) is 48.0 Å². The number of aliphatic hydroxyl groups excluding tert-OH is 1. The zero-order chi connectivity index (χ0) is 21.1. The molecule has 1 saturated heterocycles. The van der Waals surface area contributed by atoms with Crippen LogP contribution in [-0.2, 0) is 0 Å². The van der Waals surface area contributed by atoms with Crippen molar-refractivity contribution in [3.05, 3.63) is 64.7 Å². The van der Waals surface area contributed by atoms with E-state index in [4.69, 9.17) is 16.3 Å². The van der Waals surface area contributed by atoms with Gasteiger partial charge < -0.3 is 14.9 Å². The fourth-order valence-corrected chi connectivity index (χ4v) is 5.14. The third-order valence-corrected chi connectivity index (χ3v) is 7.15. The number of β-amino-alcohol motifs (C(OH)–C–C–N with tert-alkyl or cyclic N) is 1. The lowest BCUT2D eigenvalue weighted by molar-refractivity contribution is -0.147. The predicted octanol–water partition coefficient (Wildman–Crippen LogP) is 4.55. The molecule has 1 saturated carbocycles. The molecule has 30 heavy (non-hydrogen) atoms. The molecule has 0 radical (unpaired) electrons. The highest BCUT2D eigenvalue weighted by Crippen LogP contribution is 2.37. The summed E-state index contributed by atoms with van der Waals surface area (Å²) < 4.78 is 5.87. The lowest BCUT2D eigenvalue weighted by Gasteiger charge is -2.46. The molecule has 2 aromatic rings. The molecular weight excluding hydrogens is 398 g/mol. The second kappa shape index (κ2) is 9.27. The Morgan fingerprint density at radius 2 is 1.80 bits per heavy atom. The number of ether oxygens (including phenoxy) is 1. The molecule has 0 amide bonds. The summed E-state index contributed by atoms with van der Waals surface area (Å²) >= 11 is 6.23. The van der Waals surface area contributed by atoms with Gasteiger partial charge in [0.25, 0.3) is 0 Å². The minimum absolute atomic E-state index is 0.0349. The van der Waals surface area contributed by atoms with Crippen LogP contribution in [0.15, 0.2) is 48.5 Å². The Hall–Kier alpha value is -1.59. The number of hydrogen-bond acceptors (Lipinski definition) is 4. The average molecular weight is 430 g/mol. The van der Waals surface area contributed by atoms with Crippen molar-refractivity contribution in [3.8, 4) is 5.75 Å². The van der Waals surface area contributed by atoms with E-state index in [2.05, 4.69) is 35.2 Å². The van der Waals surface area contributed by atoms with E-state index in [1.165, 1.54) is 18.4 Å². The Labute approximate surface area is 184 Å². The van der Waals surface area contributed by atoms with E-state index in [0.717, 1.165) is 24.9 Å². The van der Waals surface area contributed by atoms with Gasteiger partial charge in [0.05, 0.1) is 11.1 Å². The Bertz CT molecular complexity index is 838. The van der Waals surface area contributed by atoms with E-state index in [9.17, 15) is 10.2 Å². The van der Waals surface area contributed by atoms with Crippen LogP contribution in [0, 0.1) is 6.92 Å². The van der Waals surface area contributed by atoms with Gasteiger partial charge in [0.2, 0.25) is 0 Å². The molecule has 0 spiro atoms. The van der Waals surface area contributed by atoms with Crippen LogP contribution in [0.25, 0.3) is 0 Å². The molecular formula is C25H32ClNO3. The van der Waals surface area contributed by atoms with Crippen LogP contribution in [0.1, 0.15) is 49.1 Å². The fourth-order valence-electron chi connectivity index (χ4n) is 4.97. The summed E-state index contributed by atoms with van der Waals surface area (Å²) in [4.78, 5) is 2.36. The fraction of sp³-hybridized carbons (Fsp3) is 0.520. The maximum absolute atomic E-state index is 11.2. The molecule has 2 aliphatic rings. The number of piperidine rings is 1. The largest absolute Gasteiger partial charge is 0.489 e. The number of rotatable bonds is 5. The summed E-state index contributed by atoms with van der Waals surface area (Å²) in [7, 11) is 0. The number of benzene rings is 2. The molecule has 1 heterocycles. The van der Waals surface area contributed by atoms with Crippen molar-refractivity contribution in [2.45, 2.75) is 62.7 Å². The Kier molecular flexibility index (Phi) is 6.69. The van der Waals surface area contributed by atoms with Gasteiger partial charge in [-0.3, -0.25) is 4.90 Å². The van der Waals surface area contributed by atoms with Gasteiger partial charge in [-0.2, -0.15) is 0 Å². The first kappa shape index (κ1) is 21.6. The van der Waals surface area contributed by atoms with E-state index in [1.54, 1.807) is 6.07 Å². The first-order valence-corrected chi connectivity index (χ1v) is 11.4. The van der Waals surface area contributed by atoms with E-state index in [-0.39, 0.29) is 6.61 Å². The van der Waals surface area contributed by atoms with E-state index in [0.29, 0.717) is 35.7 Å². The van der Waals surface area contributed by atoms with Gasteiger partial charge >= 0.3 is 0 Å². The molecule has 0 unspecified atom stereocenters. The van der Waals surface area contributed by atoms with Crippen LogP contribution in [0.2, 0.25) is 5.02 Å². The minimum Gasteiger partial charge on any atom is -0.489 e. The lowest BCUT2D eigenvalue weighted by atomic mass is 9.80. The van der Waals surface area contributed by atoms with Crippen molar-refractivity contribution in [1.82, 2.24) is 4.90 Å². The van der Waals surface area contributed by atoms with Crippen molar-refractivity contribution in [3.63, 3.8) is 0 Å². The molecule has 162 valence electrons. The van der Waals surface area contributed by atoms with Crippen molar-refractivity contribution >= 4 is 11.6 Å². The number of likely N-dealkylation sites (tertiary alicyclic amines) is 1. The number of hydrogen-bond donors (Lipinski definition) is 2. The quantitative estimate of drug-likeness (QED) is 0.732. The SMILES string of the molecule is Cc1ccc(Cl)c(OC[C@@]2(O)CN(C3CCC(c4ccccc4)CC3)CC[C@@H]2O)c1. The van der Waals surface area contributed by atoms with Crippen molar-refractivity contribution in [2.75, 3.05) is 19.7 Å². The molecule has 0 aromatic heterocycles. The topological polar surface area (TPSA) is 52.9 Å². The Morgan fingerprint density at radius 3 is 2.53 bits per heavy atom. The highest BCUT2D eigenvalue weighted by Gasteiger charge is 2.44. The normalized spacial score (nSPS) is 30.2. The first-order chi connectivity index (χ1) is 14.4. The number of nitrogens with zero attached hydrogens (tertiary/aromatic N) is 1. The summed E-state index contributed by atoms with van der Waals surface area (Å²) in [5, 5.41) is 22.3. The molecule has 2 N–H and O–H groups in total. The molecule has 0 bridgehead atoms. The van der Waals surface area contributed by atoms with Gasteiger partial charge in [-0.25, -0.2) is 0 Å². The molecule has 2 atom stereocenters. The van der Waals surface area contributed by atoms with E-state index < -0.39 is 11.7 Å². The van der Waals surface area contributed by atoms with Crippen LogP contribution < -0.4 is 4.74 Å². The number of aryl methyl sites for hydroxylation is 1. The number of halogens is 1. The summed E-state index contributed by atoms with van der Waals surface area (Å²) in [5.74, 6) is 1.18. The van der Waals surface area contributed by atoms with Gasteiger partial charge in [0, 0.05) is 19.1 Å². The molecule has 1 aliphatic heterocycles. The van der Waals surface area contributed by atoms with Crippen LogP contribution in [0.3, 0.4) is 0 Å². The first-order valence-electron chi connectivity index (χ1n) is 11.0. The van der Waals surface area contributed by atoms with Crippen LogP contribution in [0.5, 0.6) is 5.75 Å². The van der Waals surface area contributed by atoms with Crippen molar-refractivity contribution in [1.29, 1.82) is 0 Å². The molecule has 1 aliphatic carbocycles. The molecule has 2 fully saturated rings. The zero-order valence-corrected chi connectivity index (χ0v) is 18.4. The van der Waals surface area contributed by atoms with Gasteiger partial charge in [-0.15, -0.1) is 0 Å². The van der Waals surface area contributed by atoms with Gasteiger partial charge in [0.1, 0.15) is 18.0 Å². The molecule has 5 heteroatoms.